The summed E-state index contributed by atoms with van der Waals surface area (Å²) in [6.07, 6.45) is 0.815. The van der Waals surface area contributed by atoms with Crippen LogP contribution in [0.4, 0.5) is 11.5 Å². The molecule has 0 aliphatic rings. The van der Waals surface area contributed by atoms with Crippen LogP contribution in [0.15, 0.2) is 18.2 Å². The Morgan fingerprint density at radius 1 is 1.14 bits per heavy atom. The molecule has 5 heteroatoms. The van der Waals surface area contributed by atoms with Gasteiger partial charge in [-0.05, 0) is 44.0 Å². The molecule has 0 aliphatic carbocycles. The zero-order valence-corrected chi connectivity index (χ0v) is 14.7. The SMILES string of the molecule is CCc1nc(Nc2cccc(Cl)c2C)c2c(C)c(C)sc2n1. The van der Waals surface area contributed by atoms with E-state index in [9.17, 15) is 0 Å². The predicted octanol–water partition coefficient (Wildman–Crippen LogP) is 5.58. The second kappa shape index (κ2) is 5.86. The summed E-state index contributed by atoms with van der Waals surface area (Å²) in [6.45, 7) is 8.33. The van der Waals surface area contributed by atoms with Crippen LogP contribution in [0.25, 0.3) is 10.2 Å². The quantitative estimate of drug-likeness (QED) is 0.681. The number of thiophene rings is 1. The van der Waals surface area contributed by atoms with Crippen molar-refractivity contribution < 1.29 is 0 Å². The molecule has 22 heavy (non-hydrogen) atoms. The van der Waals surface area contributed by atoms with Gasteiger partial charge in [-0.15, -0.1) is 11.3 Å². The molecule has 114 valence electrons. The first-order valence-electron chi connectivity index (χ1n) is 7.30. The van der Waals surface area contributed by atoms with E-state index in [1.807, 2.05) is 25.1 Å². The minimum Gasteiger partial charge on any atom is -0.339 e. The summed E-state index contributed by atoms with van der Waals surface area (Å²) < 4.78 is 0. The normalized spacial score (nSPS) is 11.1. The molecular weight excluding hydrogens is 314 g/mol. The molecule has 3 aromatic rings. The third-order valence-corrected chi connectivity index (χ3v) is 5.42. The molecule has 1 aromatic carbocycles. The van der Waals surface area contributed by atoms with Crippen molar-refractivity contribution in [2.24, 2.45) is 0 Å². The summed E-state index contributed by atoms with van der Waals surface area (Å²) in [6, 6.07) is 5.87. The zero-order valence-electron chi connectivity index (χ0n) is 13.1. The Morgan fingerprint density at radius 2 is 1.91 bits per heavy atom. The topological polar surface area (TPSA) is 37.8 Å². The van der Waals surface area contributed by atoms with Crippen molar-refractivity contribution in [3.05, 3.63) is 45.1 Å². The fourth-order valence-electron chi connectivity index (χ4n) is 2.41. The van der Waals surface area contributed by atoms with Gasteiger partial charge in [-0.2, -0.15) is 0 Å². The largest absolute Gasteiger partial charge is 0.339 e. The van der Waals surface area contributed by atoms with Gasteiger partial charge in [0, 0.05) is 22.0 Å². The highest BCUT2D eigenvalue weighted by molar-refractivity contribution is 7.18. The molecular formula is C17H18ClN3S. The number of halogens is 1. The second-order valence-corrected chi connectivity index (χ2v) is 6.95. The third-order valence-electron chi connectivity index (χ3n) is 3.91. The molecule has 0 unspecified atom stereocenters. The van der Waals surface area contributed by atoms with Crippen LogP contribution in [0.2, 0.25) is 5.02 Å². The van der Waals surface area contributed by atoms with Gasteiger partial charge >= 0.3 is 0 Å². The number of aromatic nitrogens is 2. The number of nitrogens with zero attached hydrogens (tertiary/aromatic N) is 2. The Kier molecular flexibility index (Phi) is 4.06. The van der Waals surface area contributed by atoms with Gasteiger partial charge in [0.25, 0.3) is 0 Å². The van der Waals surface area contributed by atoms with Crippen LogP contribution in [-0.2, 0) is 6.42 Å². The lowest BCUT2D eigenvalue weighted by Crippen LogP contribution is -2.01. The van der Waals surface area contributed by atoms with Crippen LogP contribution >= 0.6 is 22.9 Å². The Hall–Kier alpha value is -1.65. The van der Waals surface area contributed by atoms with Gasteiger partial charge in [-0.1, -0.05) is 24.6 Å². The molecule has 0 atom stereocenters. The van der Waals surface area contributed by atoms with Crippen molar-refractivity contribution in [2.75, 3.05) is 5.32 Å². The fourth-order valence-corrected chi connectivity index (χ4v) is 3.64. The lowest BCUT2D eigenvalue weighted by molar-refractivity contribution is 0.966. The third kappa shape index (κ3) is 2.57. The molecule has 0 saturated heterocycles. The van der Waals surface area contributed by atoms with Crippen LogP contribution < -0.4 is 5.32 Å². The fraction of sp³-hybridized carbons (Fsp3) is 0.294. The van der Waals surface area contributed by atoms with Crippen LogP contribution in [0, 0.1) is 20.8 Å². The maximum absolute atomic E-state index is 6.22. The smallest absolute Gasteiger partial charge is 0.143 e. The van der Waals surface area contributed by atoms with Crippen molar-refractivity contribution in [1.82, 2.24) is 9.97 Å². The molecule has 1 N–H and O–H groups in total. The highest BCUT2D eigenvalue weighted by Gasteiger charge is 2.15. The van der Waals surface area contributed by atoms with Gasteiger partial charge in [0.15, 0.2) is 0 Å². The number of hydrogen-bond acceptors (Lipinski definition) is 4. The molecule has 0 aliphatic heterocycles. The van der Waals surface area contributed by atoms with Crippen molar-refractivity contribution in [2.45, 2.75) is 34.1 Å². The van der Waals surface area contributed by atoms with Gasteiger partial charge in [-0.3, -0.25) is 0 Å². The van der Waals surface area contributed by atoms with Crippen molar-refractivity contribution in [1.29, 1.82) is 0 Å². The molecule has 0 amide bonds. The van der Waals surface area contributed by atoms with Gasteiger partial charge < -0.3 is 5.32 Å². The standard InChI is InChI=1S/C17H18ClN3S/c1-5-14-20-16(15-9(2)11(4)22-17(15)21-14)19-13-8-6-7-12(18)10(13)3/h6-8H,5H2,1-4H3,(H,19,20,21). The minimum absolute atomic E-state index is 0.754. The molecule has 0 bridgehead atoms. The van der Waals surface area contributed by atoms with Crippen molar-refractivity contribution in [3.63, 3.8) is 0 Å². The average molecular weight is 332 g/mol. The average Bonchev–Trinajstić information content (AvgIpc) is 2.79. The Balaban J connectivity index is 2.18. The van der Waals surface area contributed by atoms with Crippen LogP contribution in [0.3, 0.4) is 0 Å². The Labute approximate surface area is 139 Å². The number of hydrogen-bond donors (Lipinski definition) is 1. The summed E-state index contributed by atoms with van der Waals surface area (Å²) in [5.41, 5.74) is 3.25. The molecule has 0 spiro atoms. The maximum Gasteiger partial charge on any atom is 0.143 e. The summed E-state index contributed by atoms with van der Waals surface area (Å²) in [4.78, 5) is 11.7. The van der Waals surface area contributed by atoms with E-state index < -0.39 is 0 Å². The molecule has 3 rings (SSSR count). The number of benzene rings is 1. The van der Waals surface area contributed by atoms with E-state index in [1.54, 1.807) is 11.3 Å². The van der Waals surface area contributed by atoms with Gasteiger partial charge in [0.1, 0.15) is 16.5 Å². The molecule has 3 nitrogen and oxygen atoms in total. The number of nitrogens with one attached hydrogen (secondary N) is 1. The summed E-state index contributed by atoms with van der Waals surface area (Å²) in [5, 5.41) is 5.32. The van der Waals surface area contributed by atoms with Crippen LogP contribution in [0.1, 0.15) is 28.8 Å². The van der Waals surface area contributed by atoms with E-state index in [0.717, 1.165) is 44.6 Å². The second-order valence-electron chi connectivity index (χ2n) is 5.34. The number of aryl methyl sites for hydroxylation is 3. The van der Waals surface area contributed by atoms with E-state index in [0.29, 0.717) is 0 Å². The Bertz CT molecular complexity index is 855. The van der Waals surface area contributed by atoms with Crippen molar-refractivity contribution in [3.8, 4) is 0 Å². The number of fused-ring (bicyclic) bond motifs is 1. The minimum atomic E-state index is 0.754. The lowest BCUT2D eigenvalue weighted by atomic mass is 10.1. The summed E-state index contributed by atoms with van der Waals surface area (Å²) in [7, 11) is 0. The number of rotatable bonds is 3. The highest BCUT2D eigenvalue weighted by atomic mass is 35.5. The van der Waals surface area contributed by atoms with Crippen LogP contribution in [0.5, 0.6) is 0 Å². The lowest BCUT2D eigenvalue weighted by Gasteiger charge is -2.12. The monoisotopic (exact) mass is 331 g/mol. The first kappa shape index (κ1) is 15.3. The maximum atomic E-state index is 6.22. The molecule has 0 radical (unpaired) electrons. The highest BCUT2D eigenvalue weighted by Crippen LogP contribution is 2.35. The molecule has 2 heterocycles. The summed E-state index contributed by atoms with van der Waals surface area (Å²) >= 11 is 7.94. The van der Waals surface area contributed by atoms with E-state index in [1.165, 1.54) is 10.4 Å². The summed E-state index contributed by atoms with van der Waals surface area (Å²) in [5.74, 6) is 1.73. The number of anilines is 2. The van der Waals surface area contributed by atoms with E-state index in [-0.39, 0.29) is 0 Å². The van der Waals surface area contributed by atoms with Gasteiger partial charge in [0.05, 0.1) is 5.39 Å². The Morgan fingerprint density at radius 3 is 2.64 bits per heavy atom. The van der Waals surface area contributed by atoms with E-state index in [4.69, 9.17) is 16.6 Å². The predicted molar refractivity (Wildman–Crippen MR) is 95.7 cm³/mol. The van der Waals surface area contributed by atoms with Gasteiger partial charge in [0.2, 0.25) is 0 Å². The first-order valence-corrected chi connectivity index (χ1v) is 8.49. The van der Waals surface area contributed by atoms with Crippen LogP contribution in [-0.4, -0.2) is 9.97 Å². The molecule has 0 fully saturated rings. The van der Waals surface area contributed by atoms with Gasteiger partial charge in [-0.25, -0.2) is 9.97 Å². The molecule has 0 saturated carbocycles. The zero-order chi connectivity index (χ0) is 15.9. The van der Waals surface area contributed by atoms with E-state index >= 15 is 0 Å². The van der Waals surface area contributed by atoms with E-state index in [2.05, 4.69) is 31.1 Å². The van der Waals surface area contributed by atoms with Crippen molar-refractivity contribution >= 4 is 44.7 Å². The first-order chi connectivity index (χ1) is 10.5. The molecule has 2 aromatic heterocycles.